The van der Waals surface area contributed by atoms with Crippen LogP contribution in [0.15, 0.2) is 60.0 Å². The summed E-state index contributed by atoms with van der Waals surface area (Å²) < 4.78 is 11.3. The Labute approximate surface area is 181 Å². The summed E-state index contributed by atoms with van der Waals surface area (Å²) in [6.07, 6.45) is 5.15. The fourth-order valence-electron chi connectivity index (χ4n) is 2.68. The molecule has 1 N–H and O–H groups in total. The smallest absolute Gasteiger partial charge is 0.250 e. The molecule has 30 heavy (non-hydrogen) atoms. The van der Waals surface area contributed by atoms with Gasteiger partial charge in [0.25, 0.3) is 0 Å². The zero-order valence-corrected chi connectivity index (χ0v) is 18.1. The van der Waals surface area contributed by atoms with Crippen molar-refractivity contribution in [3.8, 4) is 22.8 Å². The number of aromatic nitrogens is 1. The van der Waals surface area contributed by atoms with Crippen LogP contribution in [0.2, 0.25) is 0 Å². The molecule has 0 atom stereocenters. The minimum atomic E-state index is -0.232. The quantitative estimate of drug-likeness (QED) is 0.405. The lowest BCUT2D eigenvalue weighted by Crippen LogP contribution is -2.07. The van der Waals surface area contributed by atoms with E-state index in [-0.39, 0.29) is 5.91 Å². The monoisotopic (exact) mass is 422 g/mol. The number of benzene rings is 2. The van der Waals surface area contributed by atoms with Crippen molar-refractivity contribution in [2.24, 2.45) is 0 Å². The van der Waals surface area contributed by atoms with Crippen molar-refractivity contribution in [2.75, 3.05) is 18.5 Å². The van der Waals surface area contributed by atoms with Crippen LogP contribution in [0.5, 0.6) is 11.5 Å². The molecular weight excluding hydrogens is 396 g/mol. The number of para-hydroxylation sites is 1. The highest BCUT2D eigenvalue weighted by Crippen LogP contribution is 2.27. The highest BCUT2D eigenvalue weighted by molar-refractivity contribution is 7.14. The van der Waals surface area contributed by atoms with Gasteiger partial charge in [0.05, 0.1) is 18.9 Å². The molecule has 0 saturated carbocycles. The number of anilines is 1. The molecule has 0 bridgehead atoms. The highest BCUT2D eigenvalue weighted by Gasteiger charge is 2.07. The lowest BCUT2D eigenvalue weighted by Gasteiger charge is -2.07. The van der Waals surface area contributed by atoms with Crippen LogP contribution in [0, 0.1) is 0 Å². The fourth-order valence-corrected chi connectivity index (χ4v) is 3.40. The van der Waals surface area contributed by atoms with Crippen LogP contribution in [0.4, 0.5) is 5.13 Å². The van der Waals surface area contributed by atoms with Crippen molar-refractivity contribution < 1.29 is 14.3 Å². The molecule has 156 valence electrons. The van der Waals surface area contributed by atoms with Crippen LogP contribution < -0.4 is 14.8 Å². The third-order valence-corrected chi connectivity index (χ3v) is 4.91. The number of rotatable bonds is 10. The summed E-state index contributed by atoms with van der Waals surface area (Å²) in [4.78, 5) is 16.8. The van der Waals surface area contributed by atoms with Crippen LogP contribution in [-0.2, 0) is 4.79 Å². The maximum absolute atomic E-state index is 12.3. The van der Waals surface area contributed by atoms with Gasteiger partial charge in [-0.25, -0.2) is 4.98 Å². The van der Waals surface area contributed by atoms with E-state index in [0.29, 0.717) is 18.3 Å². The Bertz CT molecular complexity index is 980. The van der Waals surface area contributed by atoms with Gasteiger partial charge >= 0.3 is 0 Å². The van der Waals surface area contributed by atoms with Crippen LogP contribution >= 0.6 is 11.3 Å². The first kappa shape index (κ1) is 21.6. The molecule has 0 aliphatic rings. The number of carbonyl (C=O) groups is 1. The summed E-state index contributed by atoms with van der Waals surface area (Å²) >= 11 is 1.39. The van der Waals surface area contributed by atoms with Gasteiger partial charge in [-0.05, 0) is 49.2 Å². The highest BCUT2D eigenvalue weighted by atomic mass is 32.1. The average Bonchev–Trinajstić information content (AvgIpc) is 3.24. The standard InChI is InChI=1S/C24H26N2O3S/c1-3-15-28-20-12-9-18(10-13-20)21-17-30-24(25-21)26-23(27)14-11-19-7-5-6-8-22(19)29-16-4-2/h5-14,17H,3-4,15-16H2,1-2H3,(H,25,26,27)/b14-11+. The summed E-state index contributed by atoms with van der Waals surface area (Å²) in [5, 5.41) is 5.30. The Morgan fingerprint density at radius 1 is 1.03 bits per heavy atom. The number of ether oxygens (including phenoxy) is 2. The zero-order chi connectivity index (χ0) is 21.2. The first-order chi connectivity index (χ1) is 14.7. The molecule has 2 aromatic carbocycles. The zero-order valence-electron chi connectivity index (χ0n) is 17.3. The van der Waals surface area contributed by atoms with Crippen molar-refractivity contribution in [3.05, 3.63) is 65.6 Å². The molecule has 0 aliphatic heterocycles. The molecular formula is C24H26N2O3S. The minimum absolute atomic E-state index is 0.232. The fraction of sp³-hybridized carbons (Fsp3) is 0.250. The normalized spacial score (nSPS) is 10.9. The molecule has 0 fully saturated rings. The Morgan fingerprint density at radius 2 is 1.77 bits per heavy atom. The molecule has 1 heterocycles. The Morgan fingerprint density at radius 3 is 2.53 bits per heavy atom. The maximum atomic E-state index is 12.3. The average molecular weight is 423 g/mol. The van der Waals surface area contributed by atoms with Crippen LogP contribution in [0.3, 0.4) is 0 Å². The van der Waals surface area contributed by atoms with Gasteiger partial charge in [-0.1, -0.05) is 32.0 Å². The second-order valence-corrected chi connectivity index (χ2v) is 7.48. The molecule has 1 amide bonds. The second-order valence-electron chi connectivity index (χ2n) is 6.62. The number of nitrogens with zero attached hydrogens (tertiary/aromatic N) is 1. The predicted octanol–water partition coefficient (Wildman–Crippen LogP) is 6.04. The Kier molecular flexibility index (Phi) is 8.03. The number of carbonyl (C=O) groups excluding carboxylic acids is 1. The number of hydrogen-bond donors (Lipinski definition) is 1. The molecule has 0 unspecified atom stereocenters. The van der Waals surface area contributed by atoms with E-state index in [1.54, 1.807) is 6.08 Å². The maximum Gasteiger partial charge on any atom is 0.250 e. The molecule has 0 radical (unpaired) electrons. The van der Waals surface area contributed by atoms with Gasteiger partial charge in [-0.3, -0.25) is 10.1 Å². The summed E-state index contributed by atoms with van der Waals surface area (Å²) in [6, 6.07) is 15.5. The van der Waals surface area contributed by atoms with E-state index in [2.05, 4.69) is 24.1 Å². The van der Waals surface area contributed by atoms with Crippen molar-refractivity contribution >= 4 is 28.5 Å². The van der Waals surface area contributed by atoms with Gasteiger partial charge in [0.15, 0.2) is 5.13 Å². The lowest BCUT2D eigenvalue weighted by atomic mass is 10.2. The number of hydrogen-bond acceptors (Lipinski definition) is 5. The van der Waals surface area contributed by atoms with E-state index in [1.807, 2.05) is 53.9 Å². The molecule has 1 aromatic heterocycles. The van der Waals surface area contributed by atoms with Crippen molar-refractivity contribution in [2.45, 2.75) is 26.7 Å². The summed E-state index contributed by atoms with van der Waals surface area (Å²) in [6.45, 7) is 5.48. The van der Waals surface area contributed by atoms with Crippen molar-refractivity contribution in [3.63, 3.8) is 0 Å². The van der Waals surface area contributed by atoms with Gasteiger partial charge in [0.2, 0.25) is 5.91 Å². The van der Waals surface area contributed by atoms with Crippen LogP contribution in [-0.4, -0.2) is 24.1 Å². The molecule has 5 nitrogen and oxygen atoms in total. The summed E-state index contributed by atoms with van der Waals surface area (Å²) in [7, 11) is 0. The number of thiazole rings is 1. The van der Waals surface area contributed by atoms with Gasteiger partial charge in [0, 0.05) is 22.6 Å². The summed E-state index contributed by atoms with van der Waals surface area (Å²) in [5.41, 5.74) is 2.67. The lowest BCUT2D eigenvalue weighted by molar-refractivity contribution is -0.111. The molecule has 3 aromatic rings. The second kappa shape index (κ2) is 11.2. The van der Waals surface area contributed by atoms with E-state index < -0.39 is 0 Å². The third-order valence-electron chi connectivity index (χ3n) is 4.15. The van der Waals surface area contributed by atoms with Gasteiger partial charge in [0.1, 0.15) is 11.5 Å². The van der Waals surface area contributed by atoms with E-state index in [9.17, 15) is 4.79 Å². The first-order valence-electron chi connectivity index (χ1n) is 10.1. The van der Waals surface area contributed by atoms with Crippen LogP contribution in [0.25, 0.3) is 17.3 Å². The van der Waals surface area contributed by atoms with E-state index in [4.69, 9.17) is 9.47 Å². The van der Waals surface area contributed by atoms with Gasteiger partial charge in [-0.2, -0.15) is 0 Å². The van der Waals surface area contributed by atoms with E-state index in [0.717, 1.165) is 41.2 Å². The summed E-state index contributed by atoms with van der Waals surface area (Å²) in [5.74, 6) is 1.38. The minimum Gasteiger partial charge on any atom is -0.494 e. The van der Waals surface area contributed by atoms with Crippen molar-refractivity contribution in [1.29, 1.82) is 0 Å². The van der Waals surface area contributed by atoms with Gasteiger partial charge < -0.3 is 9.47 Å². The number of amides is 1. The Hall–Kier alpha value is -3.12. The third kappa shape index (κ3) is 6.19. The molecule has 0 aliphatic carbocycles. The molecule has 3 rings (SSSR count). The van der Waals surface area contributed by atoms with E-state index >= 15 is 0 Å². The van der Waals surface area contributed by atoms with Gasteiger partial charge in [-0.15, -0.1) is 11.3 Å². The predicted molar refractivity (Wildman–Crippen MR) is 123 cm³/mol. The van der Waals surface area contributed by atoms with E-state index in [1.165, 1.54) is 17.4 Å². The molecule has 0 spiro atoms. The Balaban J connectivity index is 1.61. The van der Waals surface area contributed by atoms with Crippen molar-refractivity contribution in [1.82, 2.24) is 4.98 Å². The molecule has 0 saturated heterocycles. The largest absolute Gasteiger partial charge is 0.494 e. The first-order valence-corrected chi connectivity index (χ1v) is 11.0. The topological polar surface area (TPSA) is 60.5 Å². The SMILES string of the molecule is CCCOc1ccc(-c2csc(NC(=O)/C=C/c3ccccc3OCCC)n2)cc1. The molecule has 6 heteroatoms. The van der Waals surface area contributed by atoms with Crippen LogP contribution in [0.1, 0.15) is 32.3 Å². The number of nitrogens with one attached hydrogen (secondary N) is 1.